The van der Waals surface area contributed by atoms with Crippen LogP contribution in [0.4, 0.5) is 0 Å². The smallest absolute Gasteiger partial charge is 0.155 e. The fourth-order valence-electron chi connectivity index (χ4n) is 4.04. The van der Waals surface area contributed by atoms with Crippen LogP contribution in [0.5, 0.6) is 5.75 Å². The van der Waals surface area contributed by atoms with Crippen molar-refractivity contribution in [3.8, 4) is 17.6 Å². The van der Waals surface area contributed by atoms with E-state index in [2.05, 4.69) is 51.0 Å². The van der Waals surface area contributed by atoms with E-state index in [0.29, 0.717) is 18.2 Å². The molecule has 170 valence electrons. The van der Waals surface area contributed by atoms with E-state index in [1.54, 1.807) is 7.11 Å². The number of hydrogen-bond acceptors (Lipinski definition) is 6. The maximum Gasteiger partial charge on any atom is 0.155 e. The second-order valence-electron chi connectivity index (χ2n) is 8.45. The Kier molecular flexibility index (Phi) is 7.69. The Balaban J connectivity index is 1.32. The molecule has 1 unspecified atom stereocenters. The highest BCUT2D eigenvalue weighted by molar-refractivity contribution is 5.44. The fourth-order valence-corrected chi connectivity index (χ4v) is 4.04. The van der Waals surface area contributed by atoms with Crippen molar-refractivity contribution >= 4 is 0 Å². The van der Waals surface area contributed by atoms with Gasteiger partial charge in [0, 0.05) is 50.3 Å². The lowest BCUT2D eigenvalue weighted by atomic mass is 10.0. The summed E-state index contributed by atoms with van der Waals surface area (Å²) in [6.07, 6.45) is 5.86. The number of aromatic nitrogens is 2. The molecule has 2 heterocycles. The Morgan fingerprint density at radius 2 is 1.70 bits per heavy atom. The lowest BCUT2D eigenvalue weighted by Gasteiger charge is -2.31. The van der Waals surface area contributed by atoms with Crippen molar-refractivity contribution in [2.45, 2.75) is 38.0 Å². The second-order valence-corrected chi connectivity index (χ2v) is 8.45. The van der Waals surface area contributed by atoms with Crippen LogP contribution < -0.4 is 5.73 Å². The van der Waals surface area contributed by atoms with Gasteiger partial charge in [0.15, 0.2) is 5.75 Å². The van der Waals surface area contributed by atoms with Crippen LogP contribution in [0.1, 0.15) is 46.8 Å². The van der Waals surface area contributed by atoms with Crippen LogP contribution >= 0.6 is 0 Å². The van der Waals surface area contributed by atoms with Gasteiger partial charge in [0.25, 0.3) is 0 Å². The summed E-state index contributed by atoms with van der Waals surface area (Å²) >= 11 is 0. The van der Waals surface area contributed by atoms with Gasteiger partial charge >= 0.3 is 0 Å². The highest BCUT2D eigenvalue weighted by atomic mass is 16.5. The summed E-state index contributed by atoms with van der Waals surface area (Å²) in [5.41, 5.74) is 11.0. The van der Waals surface area contributed by atoms with E-state index in [4.69, 9.17) is 10.5 Å². The molecule has 0 aliphatic carbocycles. The number of piperidine rings is 1. The van der Waals surface area contributed by atoms with Crippen LogP contribution in [0.2, 0.25) is 0 Å². The van der Waals surface area contributed by atoms with E-state index >= 15 is 0 Å². The molecule has 3 N–H and O–H groups in total. The zero-order chi connectivity index (χ0) is 23.0. The Hall–Kier alpha value is -3.24. The van der Waals surface area contributed by atoms with Crippen LogP contribution in [-0.2, 0) is 17.7 Å². The maximum absolute atomic E-state index is 9.84. The van der Waals surface area contributed by atoms with Crippen molar-refractivity contribution in [2.75, 3.05) is 20.2 Å². The molecule has 0 spiro atoms. The van der Waals surface area contributed by atoms with Crippen molar-refractivity contribution in [1.82, 2.24) is 14.9 Å². The number of benzene rings is 2. The van der Waals surface area contributed by atoms with Gasteiger partial charge in [-0.05, 0) is 48.2 Å². The molecule has 3 aromatic rings. The predicted octanol–water partition coefficient (Wildman–Crippen LogP) is 3.44. The summed E-state index contributed by atoms with van der Waals surface area (Å²) in [4.78, 5) is 10.4. The molecule has 1 fully saturated rings. The van der Waals surface area contributed by atoms with Gasteiger partial charge in [-0.2, -0.15) is 0 Å². The van der Waals surface area contributed by atoms with Gasteiger partial charge in [-0.3, -0.25) is 4.90 Å². The Morgan fingerprint density at radius 3 is 2.30 bits per heavy atom. The van der Waals surface area contributed by atoms with Crippen LogP contribution in [-0.4, -0.2) is 46.3 Å². The van der Waals surface area contributed by atoms with Gasteiger partial charge in [-0.15, -0.1) is 0 Å². The third kappa shape index (κ3) is 6.39. The number of aromatic hydroxyl groups is 1. The first kappa shape index (κ1) is 22.9. The molecule has 1 aromatic heterocycles. The maximum atomic E-state index is 9.84. The quantitative estimate of drug-likeness (QED) is 0.569. The summed E-state index contributed by atoms with van der Waals surface area (Å²) < 4.78 is 5.45. The number of methoxy groups -OCH3 is 1. The molecule has 0 bridgehead atoms. The average molecular weight is 443 g/mol. The number of hydrogen-bond donors (Lipinski definition) is 2. The fraction of sp³-hybridized carbons (Fsp3) is 0.333. The second kappa shape index (κ2) is 11.1. The molecule has 33 heavy (non-hydrogen) atoms. The largest absolute Gasteiger partial charge is 0.504 e. The first-order valence-corrected chi connectivity index (χ1v) is 11.3. The first-order chi connectivity index (χ1) is 16.1. The summed E-state index contributed by atoms with van der Waals surface area (Å²) in [5.74, 6) is 6.53. The SMILES string of the molecule is COC1CCN(Cc2ccc(C#Cc3ccc(C(N)Cc4ncncc4O)cc3)cc2)CC1. The van der Waals surface area contributed by atoms with Crippen LogP contribution in [0.3, 0.4) is 0 Å². The van der Waals surface area contributed by atoms with Crippen molar-refractivity contribution in [3.05, 3.63) is 89.0 Å². The standard InChI is InChI=1S/C27H30N4O2/c1-33-24-12-14-31(15-13-24)18-22-6-4-20(5-7-22)2-3-21-8-10-23(11-9-21)25(28)16-26-27(32)17-29-19-30-26/h4-11,17,19,24-25,32H,12-16,18,28H2,1H3. The predicted molar refractivity (Wildman–Crippen MR) is 129 cm³/mol. The van der Waals surface area contributed by atoms with Crippen LogP contribution in [0, 0.1) is 11.8 Å². The van der Waals surface area contributed by atoms with Crippen molar-refractivity contribution in [2.24, 2.45) is 5.73 Å². The number of nitrogens with zero attached hydrogens (tertiary/aromatic N) is 3. The molecule has 1 atom stereocenters. The Labute approximate surface area is 195 Å². The molecule has 0 radical (unpaired) electrons. The van der Waals surface area contributed by atoms with E-state index in [0.717, 1.165) is 49.2 Å². The van der Waals surface area contributed by atoms with Gasteiger partial charge in [-0.25, -0.2) is 9.97 Å². The lowest BCUT2D eigenvalue weighted by Crippen LogP contribution is -2.36. The molecule has 1 aliphatic heterocycles. The van der Waals surface area contributed by atoms with Crippen molar-refractivity contribution in [1.29, 1.82) is 0 Å². The molecular weight excluding hydrogens is 412 g/mol. The summed E-state index contributed by atoms with van der Waals surface area (Å²) in [6.45, 7) is 3.14. The molecule has 6 heteroatoms. The highest BCUT2D eigenvalue weighted by Crippen LogP contribution is 2.20. The third-order valence-electron chi connectivity index (χ3n) is 6.10. The van der Waals surface area contributed by atoms with Crippen molar-refractivity contribution < 1.29 is 9.84 Å². The summed E-state index contributed by atoms with van der Waals surface area (Å²) in [5, 5.41) is 9.84. The number of ether oxygens (including phenoxy) is 1. The zero-order valence-corrected chi connectivity index (χ0v) is 18.9. The van der Waals surface area contributed by atoms with Gasteiger partial charge < -0.3 is 15.6 Å². The summed E-state index contributed by atoms with van der Waals surface area (Å²) in [6, 6.07) is 16.1. The number of rotatable bonds is 6. The zero-order valence-electron chi connectivity index (χ0n) is 18.9. The van der Waals surface area contributed by atoms with Gasteiger partial charge in [0.1, 0.15) is 6.33 Å². The van der Waals surface area contributed by atoms with E-state index in [1.807, 2.05) is 24.3 Å². The molecule has 0 saturated carbocycles. The van der Waals surface area contributed by atoms with Crippen molar-refractivity contribution in [3.63, 3.8) is 0 Å². The van der Waals surface area contributed by atoms with E-state index in [-0.39, 0.29) is 11.8 Å². The lowest BCUT2D eigenvalue weighted by molar-refractivity contribution is 0.0388. The number of likely N-dealkylation sites (tertiary alicyclic amines) is 1. The minimum Gasteiger partial charge on any atom is -0.504 e. The topological polar surface area (TPSA) is 84.5 Å². The molecule has 1 aliphatic rings. The normalized spacial score (nSPS) is 15.6. The minimum absolute atomic E-state index is 0.0668. The minimum atomic E-state index is -0.263. The number of nitrogens with two attached hydrogens (primary N) is 1. The van der Waals surface area contributed by atoms with Gasteiger partial charge in [-0.1, -0.05) is 36.1 Å². The van der Waals surface area contributed by atoms with Gasteiger partial charge in [0.2, 0.25) is 0 Å². The van der Waals surface area contributed by atoms with E-state index in [9.17, 15) is 5.11 Å². The molecule has 2 aromatic carbocycles. The summed E-state index contributed by atoms with van der Waals surface area (Å²) in [7, 11) is 1.80. The first-order valence-electron chi connectivity index (χ1n) is 11.3. The van der Waals surface area contributed by atoms with E-state index < -0.39 is 0 Å². The molecule has 4 rings (SSSR count). The van der Waals surface area contributed by atoms with Crippen LogP contribution in [0.25, 0.3) is 0 Å². The molecule has 0 amide bonds. The Morgan fingerprint density at radius 1 is 1.06 bits per heavy atom. The average Bonchev–Trinajstić information content (AvgIpc) is 2.86. The molecule has 1 saturated heterocycles. The monoisotopic (exact) mass is 442 g/mol. The molecular formula is C27H30N4O2. The molecule has 6 nitrogen and oxygen atoms in total. The van der Waals surface area contributed by atoms with Crippen LogP contribution in [0.15, 0.2) is 61.1 Å². The van der Waals surface area contributed by atoms with E-state index in [1.165, 1.54) is 18.1 Å². The highest BCUT2D eigenvalue weighted by Gasteiger charge is 2.18. The van der Waals surface area contributed by atoms with Gasteiger partial charge in [0.05, 0.1) is 18.0 Å². The third-order valence-corrected chi connectivity index (χ3v) is 6.10. The Bertz CT molecular complexity index is 1100.